The van der Waals surface area contributed by atoms with E-state index in [1.54, 1.807) is 0 Å². The molecule has 0 unspecified atom stereocenters. The summed E-state index contributed by atoms with van der Waals surface area (Å²) in [6.07, 6.45) is 4.68. The van der Waals surface area contributed by atoms with Gasteiger partial charge in [-0.2, -0.15) is 0 Å². The first-order valence-corrected chi connectivity index (χ1v) is 7.17. The third-order valence-corrected chi connectivity index (χ3v) is 4.78. The van der Waals surface area contributed by atoms with Crippen LogP contribution in [-0.2, 0) is 0 Å². The van der Waals surface area contributed by atoms with E-state index in [0.717, 1.165) is 12.3 Å². The second-order valence-corrected chi connectivity index (χ2v) is 6.09. The van der Waals surface area contributed by atoms with Crippen molar-refractivity contribution in [1.29, 1.82) is 0 Å². The summed E-state index contributed by atoms with van der Waals surface area (Å²) in [7, 11) is 0. The Morgan fingerprint density at radius 3 is 2.75 bits per heavy atom. The molecule has 2 fully saturated rings. The summed E-state index contributed by atoms with van der Waals surface area (Å²) < 4.78 is 0. The van der Waals surface area contributed by atoms with Gasteiger partial charge in [0.25, 0.3) is 11.6 Å². The Labute approximate surface area is 121 Å². The van der Waals surface area contributed by atoms with E-state index in [0.29, 0.717) is 11.5 Å². The average molecular weight is 295 g/mol. The Morgan fingerprint density at radius 1 is 1.35 bits per heavy atom. The SMILES string of the molecule is O=C(N[C@H]1C[C@H]2CC[C@@H]1C2)c1ccc(Cl)c([N+](=O)[O-])c1. The molecule has 0 spiro atoms. The van der Waals surface area contributed by atoms with Gasteiger partial charge in [0.15, 0.2) is 0 Å². The van der Waals surface area contributed by atoms with Gasteiger partial charge in [-0.1, -0.05) is 18.0 Å². The lowest BCUT2D eigenvalue weighted by Gasteiger charge is -2.22. The maximum absolute atomic E-state index is 12.2. The maximum Gasteiger partial charge on any atom is 0.288 e. The predicted molar refractivity (Wildman–Crippen MR) is 74.8 cm³/mol. The molecule has 0 heterocycles. The summed E-state index contributed by atoms with van der Waals surface area (Å²) in [6.45, 7) is 0. The zero-order valence-electron chi connectivity index (χ0n) is 10.8. The number of halogens is 1. The van der Waals surface area contributed by atoms with Crippen LogP contribution in [0.2, 0.25) is 5.02 Å². The Hall–Kier alpha value is -1.62. The number of nitrogens with zero attached hydrogens (tertiary/aromatic N) is 1. The fourth-order valence-corrected chi connectivity index (χ4v) is 3.65. The maximum atomic E-state index is 12.2. The van der Waals surface area contributed by atoms with Crippen molar-refractivity contribution in [2.75, 3.05) is 0 Å². The van der Waals surface area contributed by atoms with Crippen LogP contribution in [0.4, 0.5) is 5.69 Å². The van der Waals surface area contributed by atoms with E-state index in [1.165, 1.54) is 37.5 Å². The first-order chi connectivity index (χ1) is 9.54. The second-order valence-electron chi connectivity index (χ2n) is 5.68. The molecule has 0 aromatic heterocycles. The van der Waals surface area contributed by atoms with Gasteiger partial charge in [-0.05, 0) is 43.2 Å². The minimum atomic E-state index is -0.573. The monoisotopic (exact) mass is 294 g/mol. The predicted octanol–water partition coefficient (Wildman–Crippen LogP) is 3.17. The normalized spacial score (nSPS) is 27.6. The third-order valence-electron chi connectivity index (χ3n) is 4.46. The van der Waals surface area contributed by atoms with Gasteiger partial charge in [0.1, 0.15) is 5.02 Å². The standard InChI is InChI=1S/C14H15ClN2O3/c15-11-4-3-10(7-13(11)17(19)20)14(18)16-12-6-8-1-2-9(12)5-8/h3-4,7-9,12H,1-2,5-6H2,(H,16,18)/t8-,9+,12-/m0/s1. The summed E-state index contributed by atoms with van der Waals surface area (Å²) in [6, 6.07) is 4.38. The molecular formula is C14H15ClN2O3. The quantitative estimate of drug-likeness (QED) is 0.687. The molecule has 6 heteroatoms. The smallest absolute Gasteiger partial charge is 0.288 e. The Bertz CT molecular complexity index is 576. The van der Waals surface area contributed by atoms with Gasteiger partial charge >= 0.3 is 0 Å². The van der Waals surface area contributed by atoms with E-state index in [9.17, 15) is 14.9 Å². The molecule has 1 amide bonds. The number of amides is 1. The minimum Gasteiger partial charge on any atom is -0.349 e. The minimum absolute atomic E-state index is 0.0477. The van der Waals surface area contributed by atoms with E-state index >= 15 is 0 Å². The fraction of sp³-hybridized carbons (Fsp3) is 0.500. The van der Waals surface area contributed by atoms with Crippen molar-refractivity contribution in [2.24, 2.45) is 11.8 Å². The zero-order chi connectivity index (χ0) is 14.3. The van der Waals surface area contributed by atoms with Crippen LogP contribution in [-0.4, -0.2) is 16.9 Å². The highest BCUT2D eigenvalue weighted by Crippen LogP contribution is 2.44. The number of rotatable bonds is 3. The lowest BCUT2D eigenvalue weighted by atomic mass is 9.95. The molecule has 3 rings (SSSR count). The average Bonchev–Trinajstić information content (AvgIpc) is 3.01. The summed E-state index contributed by atoms with van der Waals surface area (Å²) >= 11 is 5.74. The number of fused-ring (bicyclic) bond motifs is 2. The zero-order valence-corrected chi connectivity index (χ0v) is 11.6. The molecule has 1 aromatic carbocycles. The molecular weight excluding hydrogens is 280 g/mol. The van der Waals surface area contributed by atoms with Crippen molar-refractivity contribution in [2.45, 2.75) is 31.7 Å². The topological polar surface area (TPSA) is 72.2 Å². The molecule has 0 saturated heterocycles. The molecule has 1 N–H and O–H groups in total. The number of nitro groups is 1. The van der Waals surface area contributed by atoms with Crippen LogP contribution in [0.5, 0.6) is 0 Å². The van der Waals surface area contributed by atoms with Crippen LogP contribution in [0.25, 0.3) is 0 Å². The highest BCUT2D eigenvalue weighted by Gasteiger charge is 2.40. The molecule has 0 radical (unpaired) electrons. The van der Waals surface area contributed by atoms with Crippen molar-refractivity contribution in [1.82, 2.24) is 5.32 Å². The lowest BCUT2D eigenvalue weighted by molar-refractivity contribution is -0.384. The van der Waals surface area contributed by atoms with Gasteiger partial charge in [0.2, 0.25) is 0 Å². The van der Waals surface area contributed by atoms with Crippen LogP contribution in [0.3, 0.4) is 0 Å². The molecule has 2 aliphatic rings. The van der Waals surface area contributed by atoms with E-state index in [4.69, 9.17) is 11.6 Å². The van der Waals surface area contributed by atoms with Gasteiger partial charge in [-0.25, -0.2) is 0 Å². The number of nitro benzene ring substituents is 1. The highest BCUT2D eigenvalue weighted by atomic mass is 35.5. The summed E-state index contributed by atoms with van der Waals surface area (Å²) in [5.74, 6) is 1.07. The number of carbonyl (C=O) groups is 1. The van der Waals surface area contributed by atoms with Crippen LogP contribution in [0.15, 0.2) is 18.2 Å². The van der Waals surface area contributed by atoms with Gasteiger partial charge < -0.3 is 5.32 Å². The van der Waals surface area contributed by atoms with Crippen molar-refractivity contribution in [3.05, 3.63) is 38.9 Å². The highest BCUT2D eigenvalue weighted by molar-refractivity contribution is 6.32. The number of benzene rings is 1. The molecule has 5 nitrogen and oxygen atoms in total. The fourth-order valence-electron chi connectivity index (χ4n) is 3.47. The molecule has 2 aliphatic carbocycles. The number of nitrogens with one attached hydrogen (secondary N) is 1. The second kappa shape index (κ2) is 5.05. The molecule has 1 aromatic rings. The van der Waals surface area contributed by atoms with Crippen molar-refractivity contribution in [3.8, 4) is 0 Å². The number of hydrogen-bond donors (Lipinski definition) is 1. The van der Waals surface area contributed by atoms with E-state index in [-0.39, 0.29) is 22.7 Å². The van der Waals surface area contributed by atoms with Gasteiger partial charge in [0, 0.05) is 17.7 Å². The molecule has 106 valence electrons. The van der Waals surface area contributed by atoms with Gasteiger partial charge in [0.05, 0.1) is 4.92 Å². The molecule has 20 heavy (non-hydrogen) atoms. The summed E-state index contributed by atoms with van der Waals surface area (Å²) in [5.41, 5.74) is 0.0659. The van der Waals surface area contributed by atoms with Crippen LogP contribution >= 0.6 is 11.6 Å². The van der Waals surface area contributed by atoms with E-state index in [1.807, 2.05) is 0 Å². The number of hydrogen-bond acceptors (Lipinski definition) is 3. The van der Waals surface area contributed by atoms with Gasteiger partial charge in [-0.15, -0.1) is 0 Å². The lowest BCUT2D eigenvalue weighted by Crippen LogP contribution is -2.38. The first kappa shape index (κ1) is 13.4. The van der Waals surface area contributed by atoms with Crippen molar-refractivity contribution < 1.29 is 9.72 Å². The van der Waals surface area contributed by atoms with E-state index in [2.05, 4.69) is 5.32 Å². The molecule has 2 bridgehead atoms. The van der Waals surface area contributed by atoms with Crippen molar-refractivity contribution >= 4 is 23.2 Å². The first-order valence-electron chi connectivity index (χ1n) is 6.79. The Balaban J connectivity index is 1.74. The van der Waals surface area contributed by atoms with Crippen LogP contribution in [0, 0.1) is 22.0 Å². The third kappa shape index (κ3) is 2.38. The summed E-state index contributed by atoms with van der Waals surface area (Å²) in [5, 5.41) is 13.9. The van der Waals surface area contributed by atoms with Crippen molar-refractivity contribution in [3.63, 3.8) is 0 Å². The van der Waals surface area contributed by atoms with Gasteiger partial charge in [-0.3, -0.25) is 14.9 Å². The Morgan fingerprint density at radius 2 is 2.15 bits per heavy atom. The molecule has 3 atom stereocenters. The summed E-state index contributed by atoms with van der Waals surface area (Å²) in [4.78, 5) is 22.4. The molecule has 2 saturated carbocycles. The van der Waals surface area contributed by atoms with E-state index < -0.39 is 4.92 Å². The molecule has 0 aliphatic heterocycles. The largest absolute Gasteiger partial charge is 0.349 e. The Kier molecular flexibility index (Phi) is 3.38. The van der Waals surface area contributed by atoms with Crippen LogP contribution in [0.1, 0.15) is 36.0 Å². The number of carbonyl (C=O) groups excluding carboxylic acids is 1. The van der Waals surface area contributed by atoms with Crippen LogP contribution < -0.4 is 5.32 Å².